The number of halogens is 1. The molecule has 3 heterocycles. The number of thiophene rings is 1. The van der Waals surface area contributed by atoms with E-state index in [-0.39, 0.29) is 17.6 Å². The van der Waals surface area contributed by atoms with Crippen molar-refractivity contribution in [2.75, 3.05) is 19.0 Å². The molecule has 1 amide bonds. The molecule has 1 aromatic carbocycles. The number of nitrogens with one attached hydrogen (secondary N) is 1. The second-order valence-corrected chi connectivity index (χ2v) is 8.31. The lowest BCUT2D eigenvalue weighted by molar-refractivity contribution is 0.0960. The fourth-order valence-electron chi connectivity index (χ4n) is 3.47. The highest BCUT2D eigenvalue weighted by Crippen LogP contribution is 2.31. The number of hydrogen-bond acceptors (Lipinski definition) is 6. The number of ether oxygens (including phenoxy) is 2. The molecular formula is C20H20ClN3O4S. The highest BCUT2D eigenvalue weighted by atomic mass is 35.5. The summed E-state index contributed by atoms with van der Waals surface area (Å²) in [6.45, 7) is 2.96. The number of fused-ring (bicyclic) bond motifs is 1. The maximum absolute atomic E-state index is 13.0. The maximum Gasteiger partial charge on any atom is 0.266 e. The number of nitrogens with zero attached hydrogens (tertiary/aromatic N) is 2. The summed E-state index contributed by atoms with van der Waals surface area (Å²) in [5.74, 6) is 0.162. The molecule has 0 unspecified atom stereocenters. The van der Waals surface area contributed by atoms with Crippen molar-refractivity contribution >= 4 is 44.7 Å². The quantitative estimate of drug-likeness (QED) is 0.660. The van der Waals surface area contributed by atoms with Gasteiger partial charge in [-0.1, -0.05) is 11.6 Å². The van der Waals surface area contributed by atoms with Crippen LogP contribution in [-0.4, -0.2) is 35.3 Å². The average molecular weight is 434 g/mol. The van der Waals surface area contributed by atoms with E-state index >= 15 is 0 Å². The fraction of sp³-hybridized carbons (Fsp3) is 0.350. The summed E-state index contributed by atoms with van der Waals surface area (Å²) < 4.78 is 12.5. The van der Waals surface area contributed by atoms with Gasteiger partial charge in [0, 0.05) is 11.6 Å². The Kier molecular flexibility index (Phi) is 5.58. The van der Waals surface area contributed by atoms with E-state index in [0.717, 1.165) is 19.4 Å². The molecule has 0 saturated carbocycles. The van der Waals surface area contributed by atoms with Crippen molar-refractivity contribution in [3.63, 3.8) is 0 Å². The summed E-state index contributed by atoms with van der Waals surface area (Å²) in [6.07, 6.45) is 3.50. The lowest BCUT2D eigenvalue weighted by atomic mass is 10.2. The zero-order valence-electron chi connectivity index (χ0n) is 16.0. The van der Waals surface area contributed by atoms with E-state index in [2.05, 4.69) is 10.3 Å². The number of carbonyl (C=O) groups excluding carboxylic acids is 1. The first-order valence-electron chi connectivity index (χ1n) is 9.23. The predicted molar refractivity (Wildman–Crippen MR) is 114 cm³/mol. The van der Waals surface area contributed by atoms with Gasteiger partial charge in [0.15, 0.2) is 0 Å². The maximum atomic E-state index is 13.0. The first-order chi connectivity index (χ1) is 14.0. The summed E-state index contributed by atoms with van der Waals surface area (Å²) in [5.41, 5.74) is 0.923. The summed E-state index contributed by atoms with van der Waals surface area (Å²) in [6, 6.07) is 4.98. The molecule has 1 aliphatic heterocycles. The molecule has 29 heavy (non-hydrogen) atoms. The fourth-order valence-corrected chi connectivity index (χ4v) is 4.68. The van der Waals surface area contributed by atoms with Gasteiger partial charge in [0.1, 0.15) is 10.6 Å². The number of amides is 1. The van der Waals surface area contributed by atoms with E-state index in [1.807, 2.05) is 0 Å². The Hall–Kier alpha value is -2.42. The molecule has 0 spiro atoms. The smallest absolute Gasteiger partial charge is 0.266 e. The zero-order valence-corrected chi connectivity index (χ0v) is 17.6. The van der Waals surface area contributed by atoms with Gasteiger partial charge in [-0.05, 0) is 43.5 Å². The van der Waals surface area contributed by atoms with Gasteiger partial charge in [-0.2, -0.15) is 0 Å². The van der Waals surface area contributed by atoms with Crippen LogP contribution in [0.3, 0.4) is 0 Å². The number of rotatable bonds is 5. The molecule has 7 nitrogen and oxygen atoms in total. The summed E-state index contributed by atoms with van der Waals surface area (Å²) in [7, 11) is 1.52. The summed E-state index contributed by atoms with van der Waals surface area (Å²) in [5, 5.41) is 3.77. The Balaban J connectivity index is 1.67. The van der Waals surface area contributed by atoms with Crippen LogP contribution in [0, 0.1) is 6.92 Å². The van der Waals surface area contributed by atoms with Crippen LogP contribution < -0.4 is 15.6 Å². The Morgan fingerprint density at radius 2 is 2.31 bits per heavy atom. The van der Waals surface area contributed by atoms with Gasteiger partial charge in [0.05, 0.1) is 42.0 Å². The van der Waals surface area contributed by atoms with Crippen molar-refractivity contribution in [1.82, 2.24) is 9.55 Å². The third kappa shape index (κ3) is 3.88. The van der Waals surface area contributed by atoms with E-state index in [9.17, 15) is 9.59 Å². The number of benzene rings is 1. The molecule has 9 heteroatoms. The molecule has 1 aliphatic rings. The molecule has 3 aromatic rings. The first kappa shape index (κ1) is 19.9. The van der Waals surface area contributed by atoms with E-state index in [0.29, 0.717) is 43.7 Å². The number of carbonyl (C=O) groups is 1. The van der Waals surface area contributed by atoms with Gasteiger partial charge in [0.25, 0.3) is 11.5 Å². The van der Waals surface area contributed by atoms with Crippen molar-refractivity contribution in [2.45, 2.75) is 32.4 Å². The SMILES string of the molecule is COc1ccc(Cl)cc1NC(=O)c1sc2ncn(C[C@@H]3CCCO3)c(=O)c2c1C. The second-order valence-electron chi connectivity index (χ2n) is 6.87. The summed E-state index contributed by atoms with van der Waals surface area (Å²) in [4.78, 5) is 31.3. The number of methoxy groups -OCH3 is 1. The van der Waals surface area contributed by atoms with Crippen molar-refractivity contribution in [3.05, 3.63) is 50.3 Å². The third-order valence-electron chi connectivity index (χ3n) is 4.96. The molecule has 152 valence electrons. The minimum atomic E-state index is -0.337. The summed E-state index contributed by atoms with van der Waals surface area (Å²) >= 11 is 7.23. The van der Waals surface area contributed by atoms with Crippen LogP contribution in [-0.2, 0) is 11.3 Å². The average Bonchev–Trinajstić information content (AvgIpc) is 3.32. The predicted octanol–water partition coefficient (Wildman–Crippen LogP) is 3.86. The number of aryl methyl sites for hydroxylation is 1. The zero-order chi connectivity index (χ0) is 20.5. The van der Waals surface area contributed by atoms with E-state index in [1.165, 1.54) is 24.8 Å². The van der Waals surface area contributed by atoms with Crippen LogP contribution in [0.25, 0.3) is 10.2 Å². The lowest BCUT2D eigenvalue weighted by Gasteiger charge is -2.11. The van der Waals surface area contributed by atoms with Gasteiger partial charge >= 0.3 is 0 Å². The van der Waals surface area contributed by atoms with Crippen LogP contribution in [0.2, 0.25) is 5.02 Å². The molecular weight excluding hydrogens is 414 g/mol. The Morgan fingerprint density at radius 1 is 1.48 bits per heavy atom. The molecule has 0 radical (unpaired) electrons. The molecule has 0 bridgehead atoms. The van der Waals surface area contributed by atoms with Gasteiger partial charge in [-0.25, -0.2) is 4.98 Å². The van der Waals surface area contributed by atoms with Crippen LogP contribution in [0.15, 0.2) is 29.3 Å². The lowest BCUT2D eigenvalue weighted by Crippen LogP contribution is -2.26. The standard InChI is InChI=1S/C20H20ClN3O4S/c1-11-16-19(22-10-24(20(16)26)9-13-4-3-7-28-13)29-17(11)18(25)23-14-8-12(21)5-6-15(14)27-2/h5-6,8,10,13H,3-4,7,9H2,1-2H3,(H,23,25)/t13-/m0/s1. The molecule has 1 N–H and O–H groups in total. The van der Waals surface area contributed by atoms with Crippen molar-refractivity contribution in [3.8, 4) is 5.75 Å². The third-order valence-corrected chi connectivity index (χ3v) is 6.39. The molecule has 1 atom stereocenters. The number of hydrogen-bond donors (Lipinski definition) is 1. The topological polar surface area (TPSA) is 82.4 Å². The number of aromatic nitrogens is 2. The Labute approximate surface area is 176 Å². The van der Waals surface area contributed by atoms with Crippen LogP contribution in [0.5, 0.6) is 5.75 Å². The van der Waals surface area contributed by atoms with Crippen LogP contribution in [0.4, 0.5) is 5.69 Å². The van der Waals surface area contributed by atoms with Crippen LogP contribution >= 0.6 is 22.9 Å². The van der Waals surface area contributed by atoms with E-state index in [1.54, 1.807) is 29.7 Å². The largest absolute Gasteiger partial charge is 0.495 e. The minimum Gasteiger partial charge on any atom is -0.495 e. The van der Waals surface area contributed by atoms with Gasteiger partial charge in [-0.3, -0.25) is 14.2 Å². The van der Waals surface area contributed by atoms with Gasteiger partial charge < -0.3 is 14.8 Å². The Morgan fingerprint density at radius 3 is 3.03 bits per heavy atom. The molecule has 2 aromatic heterocycles. The van der Waals surface area contributed by atoms with Gasteiger partial charge in [0.2, 0.25) is 0 Å². The molecule has 4 rings (SSSR count). The molecule has 1 fully saturated rings. The highest BCUT2D eigenvalue weighted by Gasteiger charge is 2.22. The molecule has 0 aliphatic carbocycles. The highest BCUT2D eigenvalue weighted by molar-refractivity contribution is 7.20. The van der Waals surface area contributed by atoms with Crippen molar-refractivity contribution in [2.24, 2.45) is 0 Å². The minimum absolute atomic E-state index is 0.0314. The first-order valence-corrected chi connectivity index (χ1v) is 10.4. The van der Waals surface area contributed by atoms with E-state index in [4.69, 9.17) is 21.1 Å². The van der Waals surface area contributed by atoms with Crippen molar-refractivity contribution in [1.29, 1.82) is 0 Å². The van der Waals surface area contributed by atoms with Crippen LogP contribution in [0.1, 0.15) is 28.1 Å². The monoisotopic (exact) mass is 433 g/mol. The van der Waals surface area contributed by atoms with E-state index < -0.39 is 0 Å². The second kappa shape index (κ2) is 8.14. The Bertz CT molecular complexity index is 1130. The normalized spacial score (nSPS) is 16.3. The van der Waals surface area contributed by atoms with Gasteiger partial charge in [-0.15, -0.1) is 11.3 Å². The number of anilines is 1. The van der Waals surface area contributed by atoms with Crippen molar-refractivity contribution < 1.29 is 14.3 Å². The molecule has 1 saturated heterocycles.